The molecule has 0 saturated carbocycles. The Labute approximate surface area is 133 Å². The summed E-state index contributed by atoms with van der Waals surface area (Å²) >= 11 is 0. The zero-order chi connectivity index (χ0) is 17.9. The molecule has 0 atom stereocenters. The number of nitrogens with zero attached hydrogens (tertiary/aromatic N) is 2. The number of hydrogen-bond acceptors (Lipinski definition) is 5. The highest BCUT2D eigenvalue weighted by Crippen LogP contribution is 2.27. The Bertz CT molecular complexity index is 824. The predicted molar refractivity (Wildman–Crippen MR) is 79.5 cm³/mol. The van der Waals surface area contributed by atoms with Gasteiger partial charge in [-0.1, -0.05) is 0 Å². The van der Waals surface area contributed by atoms with Gasteiger partial charge in [-0.25, -0.2) is 9.37 Å². The molecule has 0 bridgehead atoms. The second kappa shape index (κ2) is 6.77. The van der Waals surface area contributed by atoms with Crippen molar-refractivity contribution in [1.82, 2.24) is 4.98 Å². The van der Waals surface area contributed by atoms with Crippen LogP contribution in [0.25, 0.3) is 0 Å². The Hall–Kier alpha value is -3.43. The normalized spacial score (nSPS) is 10.1. The molecule has 10 heteroatoms. The Balaban J connectivity index is 2.25. The number of pyridine rings is 1. The summed E-state index contributed by atoms with van der Waals surface area (Å²) in [6.45, 7) is 1.27. The van der Waals surface area contributed by atoms with Crippen LogP contribution in [0, 0.1) is 21.7 Å². The summed E-state index contributed by atoms with van der Waals surface area (Å²) in [4.78, 5) is 36.3. The summed E-state index contributed by atoms with van der Waals surface area (Å²) in [6, 6.07) is 3.91. The molecule has 0 unspecified atom stereocenters. The van der Waals surface area contributed by atoms with Crippen molar-refractivity contribution in [2.45, 2.75) is 6.92 Å². The van der Waals surface area contributed by atoms with Gasteiger partial charge in [0.1, 0.15) is 17.3 Å². The van der Waals surface area contributed by atoms with Crippen molar-refractivity contribution >= 4 is 29.0 Å². The standard InChI is InChI=1S/C14H10F2N4O4/c1-7(21)18-11-5-2-8(6-17-11)14(22)19-13-9(15)3-4-10(12(13)16)20(23)24/h2-6H,1H3,(H,19,22)(H,17,18,21). The van der Waals surface area contributed by atoms with Crippen molar-refractivity contribution in [3.05, 3.63) is 57.8 Å². The van der Waals surface area contributed by atoms with Crippen LogP contribution in [0.4, 0.5) is 26.0 Å². The van der Waals surface area contributed by atoms with Crippen molar-refractivity contribution < 1.29 is 23.3 Å². The first-order valence-corrected chi connectivity index (χ1v) is 6.47. The lowest BCUT2D eigenvalue weighted by atomic mass is 10.2. The maximum atomic E-state index is 13.9. The van der Waals surface area contributed by atoms with Crippen LogP contribution in [-0.2, 0) is 4.79 Å². The third-order valence-electron chi connectivity index (χ3n) is 2.84. The van der Waals surface area contributed by atoms with Crippen molar-refractivity contribution in [1.29, 1.82) is 0 Å². The van der Waals surface area contributed by atoms with Crippen LogP contribution in [-0.4, -0.2) is 21.7 Å². The van der Waals surface area contributed by atoms with E-state index in [0.717, 1.165) is 6.20 Å². The SMILES string of the molecule is CC(=O)Nc1ccc(C(=O)Nc2c(F)ccc([N+](=O)[O-])c2F)cn1. The molecule has 8 nitrogen and oxygen atoms in total. The molecule has 2 N–H and O–H groups in total. The quantitative estimate of drug-likeness (QED) is 0.657. The molecular weight excluding hydrogens is 326 g/mol. The maximum Gasteiger partial charge on any atom is 0.307 e. The fourth-order valence-electron chi connectivity index (χ4n) is 1.77. The monoisotopic (exact) mass is 336 g/mol. The fourth-order valence-corrected chi connectivity index (χ4v) is 1.77. The summed E-state index contributed by atoms with van der Waals surface area (Å²) in [7, 11) is 0. The van der Waals surface area contributed by atoms with Gasteiger partial charge in [0.2, 0.25) is 11.7 Å². The van der Waals surface area contributed by atoms with E-state index in [4.69, 9.17) is 0 Å². The first-order valence-electron chi connectivity index (χ1n) is 6.47. The maximum absolute atomic E-state index is 13.9. The number of hydrogen-bond donors (Lipinski definition) is 2. The number of anilines is 2. The van der Waals surface area contributed by atoms with Gasteiger partial charge in [-0.3, -0.25) is 19.7 Å². The van der Waals surface area contributed by atoms with Crippen LogP contribution in [0.1, 0.15) is 17.3 Å². The highest BCUT2D eigenvalue weighted by atomic mass is 19.1. The summed E-state index contributed by atoms with van der Waals surface area (Å²) in [5.41, 5.74) is -1.96. The summed E-state index contributed by atoms with van der Waals surface area (Å²) in [5, 5.41) is 15.0. The van der Waals surface area contributed by atoms with Crippen LogP contribution < -0.4 is 10.6 Å². The van der Waals surface area contributed by atoms with Crippen molar-refractivity contribution in [2.24, 2.45) is 0 Å². The zero-order valence-corrected chi connectivity index (χ0v) is 12.2. The second-order valence-electron chi connectivity index (χ2n) is 4.58. The highest BCUT2D eigenvalue weighted by Gasteiger charge is 2.23. The van der Waals surface area contributed by atoms with E-state index in [1.807, 2.05) is 5.32 Å². The minimum atomic E-state index is -1.49. The molecule has 2 aromatic rings. The van der Waals surface area contributed by atoms with Crippen LogP contribution in [0.15, 0.2) is 30.5 Å². The molecule has 2 amide bonds. The number of nitro groups is 1. The van der Waals surface area contributed by atoms with E-state index in [-0.39, 0.29) is 17.3 Å². The number of carbonyl (C=O) groups is 2. The Kier molecular flexibility index (Phi) is 4.78. The number of nitrogens with one attached hydrogen (secondary N) is 2. The molecule has 0 saturated heterocycles. The van der Waals surface area contributed by atoms with Gasteiger partial charge >= 0.3 is 5.69 Å². The third kappa shape index (κ3) is 3.66. The Morgan fingerprint density at radius 3 is 2.42 bits per heavy atom. The van der Waals surface area contributed by atoms with Gasteiger partial charge in [-0.05, 0) is 18.2 Å². The lowest BCUT2D eigenvalue weighted by Gasteiger charge is -2.08. The van der Waals surface area contributed by atoms with Crippen molar-refractivity contribution in [3.63, 3.8) is 0 Å². The van der Waals surface area contributed by atoms with Gasteiger partial charge in [-0.2, -0.15) is 4.39 Å². The van der Waals surface area contributed by atoms with Gasteiger partial charge in [0, 0.05) is 19.2 Å². The van der Waals surface area contributed by atoms with Gasteiger partial charge in [-0.15, -0.1) is 0 Å². The average Bonchev–Trinajstić information content (AvgIpc) is 2.51. The van der Waals surface area contributed by atoms with Gasteiger partial charge < -0.3 is 10.6 Å². The third-order valence-corrected chi connectivity index (χ3v) is 2.84. The first-order chi connectivity index (χ1) is 11.3. The minimum absolute atomic E-state index is 0.0607. The average molecular weight is 336 g/mol. The lowest BCUT2D eigenvalue weighted by Crippen LogP contribution is -2.16. The van der Waals surface area contributed by atoms with E-state index < -0.39 is 33.8 Å². The van der Waals surface area contributed by atoms with Crippen molar-refractivity contribution in [3.8, 4) is 0 Å². The number of aromatic nitrogens is 1. The van der Waals surface area contributed by atoms with Crippen LogP contribution >= 0.6 is 0 Å². The molecule has 1 heterocycles. The largest absolute Gasteiger partial charge is 0.317 e. The van der Waals surface area contributed by atoms with Crippen LogP contribution in [0.3, 0.4) is 0 Å². The van der Waals surface area contributed by atoms with Gasteiger partial charge in [0.05, 0.1) is 10.5 Å². The first kappa shape index (κ1) is 16.9. The molecule has 1 aromatic carbocycles. The number of rotatable bonds is 4. The van der Waals surface area contributed by atoms with E-state index in [2.05, 4.69) is 10.3 Å². The minimum Gasteiger partial charge on any atom is -0.317 e. The van der Waals surface area contributed by atoms with E-state index in [1.165, 1.54) is 19.1 Å². The topological polar surface area (TPSA) is 114 Å². The molecule has 0 aliphatic carbocycles. The van der Waals surface area contributed by atoms with E-state index in [0.29, 0.717) is 12.1 Å². The number of nitro benzene ring substituents is 1. The zero-order valence-electron chi connectivity index (χ0n) is 12.2. The molecular formula is C14H10F2N4O4. The van der Waals surface area contributed by atoms with Gasteiger partial charge in [0.15, 0.2) is 0 Å². The smallest absolute Gasteiger partial charge is 0.307 e. The van der Waals surface area contributed by atoms with Crippen LogP contribution in [0.5, 0.6) is 0 Å². The Morgan fingerprint density at radius 1 is 1.17 bits per heavy atom. The van der Waals surface area contributed by atoms with E-state index in [9.17, 15) is 28.5 Å². The summed E-state index contributed by atoms with van der Waals surface area (Å²) in [5.74, 6) is -3.74. The summed E-state index contributed by atoms with van der Waals surface area (Å²) in [6.07, 6.45) is 1.08. The molecule has 2 rings (SSSR count). The fraction of sp³-hybridized carbons (Fsp3) is 0.0714. The molecule has 0 radical (unpaired) electrons. The predicted octanol–water partition coefficient (Wildman–Crippen LogP) is 2.48. The Morgan fingerprint density at radius 2 is 1.88 bits per heavy atom. The number of carbonyl (C=O) groups excluding carboxylic acids is 2. The molecule has 124 valence electrons. The number of halogens is 2. The molecule has 0 aliphatic rings. The van der Waals surface area contributed by atoms with Crippen molar-refractivity contribution in [2.75, 3.05) is 10.6 Å². The van der Waals surface area contributed by atoms with E-state index in [1.54, 1.807) is 0 Å². The van der Waals surface area contributed by atoms with E-state index >= 15 is 0 Å². The second-order valence-corrected chi connectivity index (χ2v) is 4.58. The molecule has 0 fully saturated rings. The lowest BCUT2D eigenvalue weighted by molar-refractivity contribution is -0.387. The highest BCUT2D eigenvalue weighted by molar-refractivity contribution is 6.04. The molecule has 24 heavy (non-hydrogen) atoms. The molecule has 0 aliphatic heterocycles. The number of amides is 2. The van der Waals surface area contributed by atoms with Crippen LogP contribution in [0.2, 0.25) is 0 Å². The molecule has 1 aromatic heterocycles. The van der Waals surface area contributed by atoms with Gasteiger partial charge in [0.25, 0.3) is 5.91 Å². The molecule has 0 spiro atoms. The summed E-state index contributed by atoms with van der Waals surface area (Å²) < 4.78 is 27.5. The number of benzene rings is 1.